The molecule has 2 unspecified atom stereocenters. The third-order valence-electron chi connectivity index (χ3n) is 1.88. The number of aliphatic hydroxyl groups excluding tert-OH is 1. The summed E-state index contributed by atoms with van der Waals surface area (Å²) in [6.07, 6.45) is -0.652. The molecule has 1 saturated heterocycles. The Morgan fingerprint density at radius 1 is 1.60 bits per heavy atom. The summed E-state index contributed by atoms with van der Waals surface area (Å²) in [5.41, 5.74) is -0.598. The molecule has 2 atom stereocenters. The summed E-state index contributed by atoms with van der Waals surface area (Å²) in [7, 11) is 0. The molecule has 1 fully saturated rings. The number of aliphatic hydroxyl groups is 1. The normalized spacial score (nSPS) is 25.2. The van der Waals surface area contributed by atoms with Crippen LogP contribution in [0.5, 0.6) is 0 Å². The summed E-state index contributed by atoms with van der Waals surface area (Å²) in [6, 6.07) is -1.10. The zero-order valence-corrected chi connectivity index (χ0v) is 9.03. The first-order valence-corrected chi connectivity index (χ1v) is 4.74. The first-order valence-electron chi connectivity index (χ1n) is 4.74. The molecule has 1 heterocycles. The Morgan fingerprint density at radius 2 is 2.20 bits per heavy atom. The lowest BCUT2D eigenvalue weighted by molar-refractivity contribution is -0.132. The van der Waals surface area contributed by atoms with Crippen molar-refractivity contribution in [2.24, 2.45) is 0 Å². The first kappa shape index (κ1) is 11.8. The molecule has 0 aromatic rings. The predicted molar refractivity (Wildman–Crippen MR) is 52.2 cm³/mol. The average Bonchev–Trinajstić information content (AvgIpc) is 2.07. The number of ether oxygens (including phenoxy) is 1. The van der Waals surface area contributed by atoms with Crippen molar-refractivity contribution in [1.29, 1.82) is 0 Å². The van der Waals surface area contributed by atoms with Gasteiger partial charge in [-0.05, 0) is 20.8 Å². The van der Waals surface area contributed by atoms with Crippen LogP contribution in [-0.4, -0.2) is 41.4 Å². The van der Waals surface area contributed by atoms with Crippen LogP contribution in [0.1, 0.15) is 20.8 Å². The molecular formula is C9H16N2O4. The van der Waals surface area contributed by atoms with Gasteiger partial charge in [-0.25, -0.2) is 4.79 Å². The van der Waals surface area contributed by atoms with Crippen molar-refractivity contribution in [2.75, 3.05) is 6.61 Å². The molecule has 1 aliphatic heterocycles. The Morgan fingerprint density at radius 3 is 2.60 bits per heavy atom. The van der Waals surface area contributed by atoms with Crippen molar-refractivity contribution in [3.05, 3.63) is 0 Å². The molecule has 6 heteroatoms. The summed E-state index contributed by atoms with van der Waals surface area (Å²) in [6.45, 7) is 5.00. The second-order valence-electron chi connectivity index (χ2n) is 4.42. The quantitative estimate of drug-likeness (QED) is 0.536. The van der Waals surface area contributed by atoms with E-state index in [-0.39, 0.29) is 12.5 Å². The van der Waals surface area contributed by atoms with E-state index in [1.54, 1.807) is 20.8 Å². The lowest BCUT2D eigenvalue weighted by atomic mass is 10.0. The highest BCUT2D eigenvalue weighted by Crippen LogP contribution is 2.09. The van der Waals surface area contributed by atoms with Gasteiger partial charge in [0.25, 0.3) is 0 Å². The molecule has 0 spiro atoms. The minimum Gasteiger partial charge on any atom is -0.444 e. The monoisotopic (exact) mass is 216 g/mol. The summed E-state index contributed by atoms with van der Waals surface area (Å²) in [5.74, 6) is -0.306. The highest BCUT2D eigenvalue weighted by Gasteiger charge is 2.40. The van der Waals surface area contributed by atoms with Crippen LogP contribution in [0.15, 0.2) is 0 Å². The predicted octanol–water partition coefficient (Wildman–Crippen LogP) is -0.630. The SMILES string of the molecule is CC(C)(C)OC(=O)NC1C(=O)NC1CO. The van der Waals surface area contributed by atoms with Gasteiger partial charge in [-0.15, -0.1) is 0 Å². The Labute approximate surface area is 88.0 Å². The molecule has 0 radical (unpaired) electrons. The molecule has 0 bridgehead atoms. The van der Waals surface area contributed by atoms with E-state index in [9.17, 15) is 9.59 Å². The number of nitrogens with one attached hydrogen (secondary N) is 2. The van der Waals surface area contributed by atoms with E-state index < -0.39 is 23.8 Å². The van der Waals surface area contributed by atoms with Crippen LogP contribution < -0.4 is 10.6 Å². The van der Waals surface area contributed by atoms with Gasteiger partial charge in [0.2, 0.25) is 5.91 Å². The molecule has 15 heavy (non-hydrogen) atoms. The summed E-state index contributed by atoms with van der Waals surface area (Å²) in [5, 5.41) is 13.7. The van der Waals surface area contributed by atoms with Crippen LogP contribution in [0.2, 0.25) is 0 Å². The Balaban J connectivity index is 2.41. The van der Waals surface area contributed by atoms with E-state index in [0.29, 0.717) is 0 Å². The second kappa shape index (κ2) is 4.06. The van der Waals surface area contributed by atoms with Gasteiger partial charge in [0, 0.05) is 0 Å². The topological polar surface area (TPSA) is 87.7 Å². The van der Waals surface area contributed by atoms with E-state index in [0.717, 1.165) is 0 Å². The van der Waals surface area contributed by atoms with Crippen LogP contribution in [0.3, 0.4) is 0 Å². The Hall–Kier alpha value is -1.30. The average molecular weight is 216 g/mol. The van der Waals surface area contributed by atoms with Crippen LogP contribution >= 0.6 is 0 Å². The van der Waals surface area contributed by atoms with E-state index in [1.807, 2.05) is 0 Å². The molecule has 86 valence electrons. The van der Waals surface area contributed by atoms with Gasteiger partial charge in [-0.3, -0.25) is 4.79 Å². The summed E-state index contributed by atoms with van der Waals surface area (Å²) in [4.78, 5) is 22.3. The molecule has 0 aliphatic carbocycles. The van der Waals surface area contributed by atoms with E-state index in [4.69, 9.17) is 9.84 Å². The standard InChI is InChI=1S/C9H16N2O4/c1-9(2,3)15-8(14)11-6-5(4-12)10-7(6)13/h5-6,12H,4H2,1-3H3,(H,10,13)(H,11,14). The maximum atomic E-state index is 11.3. The largest absolute Gasteiger partial charge is 0.444 e. The van der Waals surface area contributed by atoms with Crippen molar-refractivity contribution in [2.45, 2.75) is 38.5 Å². The number of carbonyl (C=O) groups is 2. The number of carbonyl (C=O) groups excluding carboxylic acids is 2. The molecule has 3 N–H and O–H groups in total. The van der Waals surface area contributed by atoms with Crippen molar-refractivity contribution >= 4 is 12.0 Å². The van der Waals surface area contributed by atoms with Gasteiger partial charge in [0.1, 0.15) is 11.6 Å². The minimum absolute atomic E-state index is 0.202. The molecule has 1 aliphatic rings. The molecule has 1 rings (SSSR count). The fourth-order valence-corrected chi connectivity index (χ4v) is 1.19. The molecule has 2 amide bonds. The molecule has 0 aromatic heterocycles. The van der Waals surface area contributed by atoms with Crippen molar-refractivity contribution < 1.29 is 19.4 Å². The van der Waals surface area contributed by atoms with Crippen LogP contribution in [0.25, 0.3) is 0 Å². The third-order valence-corrected chi connectivity index (χ3v) is 1.88. The maximum absolute atomic E-state index is 11.3. The summed E-state index contributed by atoms with van der Waals surface area (Å²) >= 11 is 0. The van der Waals surface area contributed by atoms with Gasteiger partial charge < -0.3 is 20.5 Å². The Bertz CT molecular complexity index is 272. The Kier molecular flexibility index (Phi) is 3.18. The number of amides is 2. The number of hydrogen-bond acceptors (Lipinski definition) is 4. The fourth-order valence-electron chi connectivity index (χ4n) is 1.19. The number of hydrogen-bond donors (Lipinski definition) is 3. The lowest BCUT2D eigenvalue weighted by Crippen LogP contribution is -2.70. The minimum atomic E-state index is -0.690. The van der Waals surface area contributed by atoms with Gasteiger partial charge in [-0.1, -0.05) is 0 Å². The van der Waals surface area contributed by atoms with Gasteiger partial charge in [0.15, 0.2) is 0 Å². The van der Waals surface area contributed by atoms with E-state index >= 15 is 0 Å². The maximum Gasteiger partial charge on any atom is 0.408 e. The number of rotatable bonds is 2. The number of β-lactam (4-membered cyclic amide) rings is 1. The van der Waals surface area contributed by atoms with Gasteiger partial charge >= 0.3 is 6.09 Å². The molecular weight excluding hydrogens is 200 g/mol. The van der Waals surface area contributed by atoms with Crippen LogP contribution in [-0.2, 0) is 9.53 Å². The zero-order chi connectivity index (χ0) is 11.6. The zero-order valence-electron chi connectivity index (χ0n) is 9.03. The van der Waals surface area contributed by atoms with Crippen molar-refractivity contribution in [1.82, 2.24) is 10.6 Å². The highest BCUT2D eigenvalue weighted by molar-refractivity contribution is 5.92. The van der Waals surface area contributed by atoms with Crippen molar-refractivity contribution in [3.63, 3.8) is 0 Å². The number of alkyl carbamates (subject to hydrolysis) is 1. The lowest BCUT2D eigenvalue weighted by Gasteiger charge is -2.36. The smallest absolute Gasteiger partial charge is 0.408 e. The van der Waals surface area contributed by atoms with E-state index in [1.165, 1.54) is 0 Å². The van der Waals surface area contributed by atoms with Crippen LogP contribution in [0, 0.1) is 0 Å². The van der Waals surface area contributed by atoms with Crippen LogP contribution in [0.4, 0.5) is 4.79 Å². The van der Waals surface area contributed by atoms with Crippen molar-refractivity contribution in [3.8, 4) is 0 Å². The third kappa shape index (κ3) is 3.09. The fraction of sp³-hybridized carbons (Fsp3) is 0.778. The van der Waals surface area contributed by atoms with Gasteiger partial charge in [-0.2, -0.15) is 0 Å². The first-order chi connectivity index (χ1) is 6.83. The van der Waals surface area contributed by atoms with Gasteiger partial charge in [0.05, 0.1) is 12.6 Å². The summed E-state index contributed by atoms with van der Waals surface area (Å²) < 4.78 is 4.97. The molecule has 0 aromatic carbocycles. The highest BCUT2D eigenvalue weighted by atomic mass is 16.6. The molecule has 0 saturated carbocycles. The molecule has 6 nitrogen and oxygen atoms in total. The second-order valence-corrected chi connectivity index (χ2v) is 4.42. The van der Waals surface area contributed by atoms with E-state index in [2.05, 4.69) is 10.6 Å².